The summed E-state index contributed by atoms with van der Waals surface area (Å²) >= 11 is 0. The number of rotatable bonds is 8. The van der Waals surface area contributed by atoms with E-state index >= 15 is 0 Å². The van der Waals surface area contributed by atoms with Crippen molar-refractivity contribution in [2.24, 2.45) is 11.8 Å². The fourth-order valence-corrected chi connectivity index (χ4v) is 6.32. The lowest BCUT2D eigenvalue weighted by Gasteiger charge is -2.50. The molecule has 3 fully saturated rings. The lowest BCUT2D eigenvalue weighted by molar-refractivity contribution is -0.0443. The SMILES string of the molecule is C=C[C@H]1CN2CCC1C[C@H]2[C@H](O)c1c(-c2cc(OC)c(OC)c(OC)c2)c(C)nc2ccc(OC)cc12. The maximum absolute atomic E-state index is 12.2. The van der Waals surface area contributed by atoms with E-state index < -0.39 is 6.10 Å². The molecule has 3 aliphatic rings. The van der Waals surface area contributed by atoms with E-state index in [9.17, 15) is 5.11 Å². The first-order valence-corrected chi connectivity index (χ1v) is 12.8. The average molecular weight is 505 g/mol. The Balaban J connectivity index is 1.74. The molecule has 0 saturated carbocycles. The van der Waals surface area contributed by atoms with Gasteiger partial charge < -0.3 is 24.1 Å². The van der Waals surface area contributed by atoms with Crippen molar-refractivity contribution < 1.29 is 24.1 Å². The van der Waals surface area contributed by atoms with Crippen molar-refractivity contribution in [3.63, 3.8) is 0 Å². The molecule has 0 radical (unpaired) electrons. The quantitative estimate of drug-likeness (QED) is 0.424. The van der Waals surface area contributed by atoms with Gasteiger partial charge in [0.15, 0.2) is 11.5 Å². The molecule has 3 aromatic rings. The predicted molar refractivity (Wildman–Crippen MR) is 145 cm³/mol. The predicted octanol–water partition coefficient (Wildman–Crippen LogP) is 5.17. The molecule has 0 spiro atoms. The van der Waals surface area contributed by atoms with Gasteiger partial charge in [0.25, 0.3) is 0 Å². The molecule has 6 rings (SSSR count). The van der Waals surface area contributed by atoms with Crippen LogP contribution >= 0.6 is 0 Å². The van der Waals surface area contributed by atoms with Crippen molar-refractivity contribution in [3.8, 4) is 34.1 Å². The summed E-state index contributed by atoms with van der Waals surface area (Å²) < 4.78 is 22.5. The highest BCUT2D eigenvalue weighted by Crippen LogP contribution is 2.48. The highest BCUT2D eigenvalue weighted by Gasteiger charge is 2.43. The van der Waals surface area contributed by atoms with Crippen LogP contribution in [0.2, 0.25) is 0 Å². The molecular weight excluding hydrogens is 468 g/mol. The van der Waals surface area contributed by atoms with E-state index in [-0.39, 0.29) is 6.04 Å². The molecule has 4 heterocycles. The summed E-state index contributed by atoms with van der Waals surface area (Å²) in [4.78, 5) is 7.36. The van der Waals surface area contributed by atoms with Crippen LogP contribution in [0.15, 0.2) is 43.0 Å². The largest absolute Gasteiger partial charge is 0.497 e. The van der Waals surface area contributed by atoms with Gasteiger partial charge in [-0.3, -0.25) is 9.88 Å². The third-order valence-corrected chi connectivity index (χ3v) is 8.18. The lowest BCUT2D eigenvalue weighted by Crippen LogP contribution is -2.54. The Morgan fingerprint density at radius 1 is 1.05 bits per heavy atom. The highest BCUT2D eigenvalue weighted by atomic mass is 16.5. The Bertz CT molecular complexity index is 1300. The zero-order chi connectivity index (χ0) is 26.3. The molecule has 3 aliphatic heterocycles. The Kier molecular flexibility index (Phi) is 7.01. The first-order chi connectivity index (χ1) is 17.9. The van der Waals surface area contributed by atoms with Crippen molar-refractivity contribution in [2.45, 2.75) is 31.9 Å². The standard InChI is InChI=1S/C30H36N2O5/c1-7-18-16-32-11-10-19(18)12-24(32)29(33)28-22-15-21(34-3)8-9-23(22)31-17(2)27(28)20-13-25(35-4)30(37-6)26(14-20)36-5/h7-9,13-15,18-19,24,29,33H,1,10-12,16H2,2-6H3/t18-,19?,24-,29-/m0/s1. The van der Waals surface area contributed by atoms with Crippen LogP contribution in [0, 0.1) is 18.8 Å². The van der Waals surface area contributed by atoms with Crippen molar-refractivity contribution in [3.05, 3.63) is 54.2 Å². The summed E-state index contributed by atoms with van der Waals surface area (Å²) in [5.41, 5.74) is 4.21. The van der Waals surface area contributed by atoms with E-state index in [4.69, 9.17) is 23.9 Å². The summed E-state index contributed by atoms with van der Waals surface area (Å²) in [5.74, 6) is 3.36. The molecule has 2 unspecified atom stereocenters. The van der Waals surface area contributed by atoms with Gasteiger partial charge >= 0.3 is 0 Å². The molecule has 7 heteroatoms. The van der Waals surface area contributed by atoms with Crippen LogP contribution in [0.3, 0.4) is 0 Å². The average Bonchev–Trinajstić information content (AvgIpc) is 2.94. The highest BCUT2D eigenvalue weighted by molar-refractivity contribution is 5.92. The van der Waals surface area contributed by atoms with Crippen LogP contribution in [-0.4, -0.2) is 62.6 Å². The molecule has 37 heavy (non-hydrogen) atoms. The molecule has 0 amide bonds. The van der Waals surface area contributed by atoms with Gasteiger partial charge in [0.2, 0.25) is 5.75 Å². The number of aliphatic hydroxyl groups is 1. The summed E-state index contributed by atoms with van der Waals surface area (Å²) in [6.07, 6.45) is 3.43. The number of benzene rings is 2. The minimum atomic E-state index is -0.723. The van der Waals surface area contributed by atoms with Crippen LogP contribution < -0.4 is 18.9 Å². The van der Waals surface area contributed by atoms with E-state index in [1.807, 2.05) is 37.3 Å². The monoisotopic (exact) mass is 504 g/mol. The first kappa shape index (κ1) is 25.4. The molecular formula is C30H36N2O5. The molecule has 1 N–H and O–H groups in total. The minimum Gasteiger partial charge on any atom is -0.497 e. The second kappa shape index (κ2) is 10.2. The number of piperidine rings is 3. The van der Waals surface area contributed by atoms with Crippen molar-refractivity contribution in [1.29, 1.82) is 0 Å². The Hall–Kier alpha value is -3.29. The zero-order valence-electron chi connectivity index (χ0n) is 22.3. The van der Waals surface area contributed by atoms with Gasteiger partial charge in [-0.25, -0.2) is 0 Å². The van der Waals surface area contributed by atoms with Crippen molar-refractivity contribution in [2.75, 3.05) is 41.5 Å². The van der Waals surface area contributed by atoms with E-state index in [1.54, 1.807) is 28.4 Å². The number of fused-ring (bicyclic) bond motifs is 4. The fraction of sp³-hybridized carbons (Fsp3) is 0.433. The Morgan fingerprint density at radius 2 is 1.78 bits per heavy atom. The number of ether oxygens (including phenoxy) is 4. The molecule has 2 bridgehead atoms. The molecule has 1 aromatic heterocycles. The van der Waals surface area contributed by atoms with Crippen LogP contribution in [0.25, 0.3) is 22.0 Å². The van der Waals surface area contributed by atoms with Gasteiger partial charge in [-0.15, -0.1) is 6.58 Å². The van der Waals surface area contributed by atoms with E-state index in [0.29, 0.717) is 29.1 Å². The van der Waals surface area contributed by atoms with Gasteiger partial charge in [-0.2, -0.15) is 0 Å². The Labute approximate surface area is 218 Å². The first-order valence-electron chi connectivity index (χ1n) is 12.8. The van der Waals surface area contributed by atoms with Gasteiger partial charge in [0.05, 0.1) is 40.1 Å². The van der Waals surface area contributed by atoms with Gasteiger partial charge in [-0.1, -0.05) is 6.08 Å². The van der Waals surface area contributed by atoms with Crippen LogP contribution in [0.4, 0.5) is 0 Å². The summed E-state index contributed by atoms with van der Waals surface area (Å²) in [6, 6.07) is 9.70. The second-order valence-electron chi connectivity index (χ2n) is 9.97. The van der Waals surface area contributed by atoms with Crippen LogP contribution in [0.5, 0.6) is 23.0 Å². The zero-order valence-corrected chi connectivity index (χ0v) is 22.3. The van der Waals surface area contributed by atoms with E-state index in [1.165, 1.54) is 0 Å². The van der Waals surface area contributed by atoms with E-state index in [0.717, 1.165) is 65.0 Å². The third kappa shape index (κ3) is 4.30. The number of pyridine rings is 1. The number of nitrogens with zero attached hydrogens (tertiary/aromatic N) is 2. The van der Waals surface area contributed by atoms with Crippen molar-refractivity contribution >= 4 is 10.9 Å². The molecule has 3 saturated heterocycles. The lowest BCUT2D eigenvalue weighted by atomic mass is 9.73. The Morgan fingerprint density at radius 3 is 2.35 bits per heavy atom. The number of hydrogen-bond donors (Lipinski definition) is 1. The fourth-order valence-electron chi connectivity index (χ4n) is 6.32. The molecule has 5 atom stereocenters. The number of hydrogen-bond acceptors (Lipinski definition) is 7. The summed E-state index contributed by atoms with van der Waals surface area (Å²) in [7, 11) is 6.46. The summed E-state index contributed by atoms with van der Waals surface area (Å²) in [6.45, 7) is 7.96. The van der Waals surface area contributed by atoms with Crippen LogP contribution in [-0.2, 0) is 0 Å². The second-order valence-corrected chi connectivity index (χ2v) is 9.97. The number of aromatic nitrogens is 1. The van der Waals surface area contributed by atoms with Gasteiger partial charge in [-0.05, 0) is 74.0 Å². The molecule has 196 valence electrons. The maximum atomic E-state index is 12.2. The molecule has 2 aromatic carbocycles. The maximum Gasteiger partial charge on any atom is 0.203 e. The molecule has 0 aliphatic carbocycles. The van der Waals surface area contributed by atoms with Gasteiger partial charge in [0, 0.05) is 34.8 Å². The third-order valence-electron chi connectivity index (χ3n) is 8.18. The topological polar surface area (TPSA) is 73.3 Å². The smallest absolute Gasteiger partial charge is 0.203 e. The van der Waals surface area contributed by atoms with Gasteiger partial charge in [0.1, 0.15) is 5.75 Å². The summed E-state index contributed by atoms with van der Waals surface area (Å²) in [5, 5.41) is 13.1. The number of aryl methyl sites for hydroxylation is 1. The normalized spacial score (nSPS) is 23.5. The number of aliphatic hydroxyl groups excluding tert-OH is 1. The molecule has 7 nitrogen and oxygen atoms in total. The minimum absolute atomic E-state index is 0.00643. The van der Waals surface area contributed by atoms with Crippen LogP contribution in [0.1, 0.15) is 30.2 Å². The van der Waals surface area contributed by atoms with Crippen molar-refractivity contribution in [1.82, 2.24) is 9.88 Å². The number of methoxy groups -OCH3 is 4. The van der Waals surface area contributed by atoms with E-state index in [2.05, 4.69) is 17.6 Å².